The molecule has 1 unspecified atom stereocenters. The molecule has 1 aliphatic rings. The zero-order chi connectivity index (χ0) is 6.97. The lowest BCUT2D eigenvalue weighted by Gasteiger charge is -2.01. The van der Waals surface area contributed by atoms with Crippen molar-refractivity contribution >= 4 is 6.08 Å². The van der Waals surface area contributed by atoms with Crippen LogP contribution in [0.5, 0.6) is 0 Å². The van der Waals surface area contributed by atoms with E-state index in [2.05, 4.69) is 37.3 Å². The molecule has 0 heteroatoms. The number of fused-ring (bicyclic) bond motifs is 1. The Bertz CT molecular complexity index is 271. The Balaban J connectivity index is 2.59. The van der Waals surface area contributed by atoms with Crippen LogP contribution in [-0.2, 0) is 0 Å². The summed E-state index contributed by atoms with van der Waals surface area (Å²) < 4.78 is 0. The van der Waals surface area contributed by atoms with E-state index in [0.717, 1.165) is 0 Å². The first-order valence-electron chi connectivity index (χ1n) is 3.56. The molecule has 1 aromatic rings. The summed E-state index contributed by atoms with van der Waals surface area (Å²) in [5, 5.41) is 0. The van der Waals surface area contributed by atoms with Gasteiger partial charge in [0.1, 0.15) is 0 Å². The van der Waals surface area contributed by atoms with Gasteiger partial charge in [0.15, 0.2) is 0 Å². The Kier molecular flexibility index (Phi) is 1.13. The second kappa shape index (κ2) is 1.98. The molecule has 0 saturated carbocycles. The molecule has 0 spiro atoms. The zero-order valence-electron chi connectivity index (χ0n) is 5.96. The fourth-order valence-electron chi connectivity index (χ4n) is 1.35. The van der Waals surface area contributed by atoms with Gasteiger partial charge >= 0.3 is 0 Å². The average molecular weight is 129 g/mol. The van der Waals surface area contributed by atoms with Gasteiger partial charge in [0.25, 0.3) is 0 Å². The molecule has 1 radical (unpaired) electrons. The molecule has 0 heterocycles. The van der Waals surface area contributed by atoms with Crippen LogP contribution in [0, 0.1) is 6.07 Å². The van der Waals surface area contributed by atoms with Crippen molar-refractivity contribution in [3.63, 3.8) is 0 Å². The Morgan fingerprint density at radius 3 is 3.20 bits per heavy atom. The standard InChI is InChI=1S/C10H9/c1-8-6-7-9-4-2-3-5-10(8)9/h2,4-8H,1H3. The number of hydrogen-bond acceptors (Lipinski definition) is 0. The molecule has 0 amide bonds. The van der Waals surface area contributed by atoms with Crippen molar-refractivity contribution in [1.82, 2.24) is 0 Å². The maximum Gasteiger partial charge on any atom is -0.0000955 e. The smallest absolute Gasteiger partial charge is 0.0000955 e. The van der Waals surface area contributed by atoms with Gasteiger partial charge in [-0.1, -0.05) is 31.2 Å². The second-order valence-corrected chi connectivity index (χ2v) is 2.70. The van der Waals surface area contributed by atoms with E-state index in [4.69, 9.17) is 0 Å². The number of rotatable bonds is 0. The lowest BCUT2D eigenvalue weighted by atomic mass is 10.0. The van der Waals surface area contributed by atoms with Crippen molar-refractivity contribution in [2.24, 2.45) is 0 Å². The van der Waals surface area contributed by atoms with Gasteiger partial charge in [-0.3, -0.25) is 0 Å². The van der Waals surface area contributed by atoms with Gasteiger partial charge in [-0.05, 0) is 29.2 Å². The van der Waals surface area contributed by atoms with Gasteiger partial charge in [-0.2, -0.15) is 0 Å². The van der Waals surface area contributed by atoms with Crippen LogP contribution in [0.2, 0.25) is 0 Å². The van der Waals surface area contributed by atoms with E-state index in [1.54, 1.807) is 0 Å². The highest BCUT2D eigenvalue weighted by molar-refractivity contribution is 5.61. The molecule has 0 bridgehead atoms. The summed E-state index contributed by atoms with van der Waals surface area (Å²) in [5.74, 6) is 0.590. The number of hydrogen-bond donors (Lipinski definition) is 0. The minimum absolute atomic E-state index is 0.590. The van der Waals surface area contributed by atoms with Crippen LogP contribution in [0.4, 0.5) is 0 Å². The van der Waals surface area contributed by atoms with Crippen molar-refractivity contribution < 1.29 is 0 Å². The van der Waals surface area contributed by atoms with Crippen LogP contribution in [0.3, 0.4) is 0 Å². The number of benzene rings is 1. The maximum absolute atomic E-state index is 3.08. The highest BCUT2D eigenvalue weighted by Crippen LogP contribution is 2.28. The lowest BCUT2D eigenvalue weighted by Crippen LogP contribution is -1.84. The van der Waals surface area contributed by atoms with Gasteiger partial charge in [-0.15, -0.1) is 0 Å². The highest BCUT2D eigenvalue weighted by Gasteiger charge is 2.10. The molecule has 10 heavy (non-hydrogen) atoms. The van der Waals surface area contributed by atoms with Crippen LogP contribution in [0.1, 0.15) is 24.0 Å². The third-order valence-electron chi connectivity index (χ3n) is 1.99. The van der Waals surface area contributed by atoms with E-state index in [1.807, 2.05) is 6.07 Å². The Morgan fingerprint density at radius 1 is 1.50 bits per heavy atom. The first kappa shape index (κ1) is 5.72. The summed E-state index contributed by atoms with van der Waals surface area (Å²) in [4.78, 5) is 0. The fraction of sp³-hybridized carbons (Fsp3) is 0.200. The van der Waals surface area contributed by atoms with Crippen molar-refractivity contribution in [2.45, 2.75) is 12.8 Å². The second-order valence-electron chi connectivity index (χ2n) is 2.70. The van der Waals surface area contributed by atoms with Crippen molar-refractivity contribution in [2.75, 3.05) is 0 Å². The average Bonchev–Trinajstić information content (AvgIpc) is 2.34. The molecule has 0 aliphatic heterocycles. The molecule has 0 aromatic heterocycles. The fourth-order valence-corrected chi connectivity index (χ4v) is 1.35. The van der Waals surface area contributed by atoms with Crippen LogP contribution < -0.4 is 0 Å². The van der Waals surface area contributed by atoms with E-state index in [9.17, 15) is 0 Å². The summed E-state index contributed by atoms with van der Waals surface area (Å²) in [5.41, 5.74) is 2.76. The van der Waals surface area contributed by atoms with Crippen molar-refractivity contribution in [3.8, 4) is 0 Å². The van der Waals surface area contributed by atoms with Gasteiger partial charge in [0, 0.05) is 0 Å². The molecule has 1 aromatic carbocycles. The maximum atomic E-state index is 3.08. The molecule has 1 aliphatic carbocycles. The number of allylic oxidation sites excluding steroid dienone is 1. The van der Waals surface area contributed by atoms with E-state index in [-0.39, 0.29) is 0 Å². The van der Waals surface area contributed by atoms with E-state index < -0.39 is 0 Å². The van der Waals surface area contributed by atoms with Gasteiger partial charge < -0.3 is 0 Å². The summed E-state index contributed by atoms with van der Waals surface area (Å²) in [7, 11) is 0. The molecule has 1 atom stereocenters. The Morgan fingerprint density at radius 2 is 2.40 bits per heavy atom. The van der Waals surface area contributed by atoms with Crippen LogP contribution in [0.25, 0.3) is 6.08 Å². The lowest BCUT2D eigenvalue weighted by molar-refractivity contribution is 0.990. The quantitative estimate of drug-likeness (QED) is 0.505. The summed E-state index contributed by atoms with van der Waals surface area (Å²) in [6, 6.07) is 9.22. The molecule has 0 nitrogen and oxygen atoms in total. The molecule has 0 saturated heterocycles. The summed E-state index contributed by atoms with van der Waals surface area (Å²) >= 11 is 0. The minimum Gasteiger partial charge on any atom is -0.0767 e. The molecular formula is C10H9. The molecule has 49 valence electrons. The van der Waals surface area contributed by atoms with Gasteiger partial charge in [0.2, 0.25) is 0 Å². The molecule has 0 fully saturated rings. The predicted octanol–water partition coefficient (Wildman–Crippen LogP) is 2.62. The summed E-state index contributed by atoms with van der Waals surface area (Å²) in [6.07, 6.45) is 4.40. The van der Waals surface area contributed by atoms with E-state index in [1.165, 1.54) is 11.1 Å². The molecule has 0 N–H and O–H groups in total. The third kappa shape index (κ3) is 0.688. The highest BCUT2D eigenvalue weighted by atomic mass is 14.1. The van der Waals surface area contributed by atoms with E-state index >= 15 is 0 Å². The topological polar surface area (TPSA) is 0 Å². The molecule has 2 rings (SSSR count). The van der Waals surface area contributed by atoms with Crippen molar-refractivity contribution in [1.29, 1.82) is 0 Å². The zero-order valence-corrected chi connectivity index (χ0v) is 5.96. The predicted molar refractivity (Wildman–Crippen MR) is 42.7 cm³/mol. The third-order valence-corrected chi connectivity index (χ3v) is 1.99. The molecular weight excluding hydrogens is 120 g/mol. The van der Waals surface area contributed by atoms with Crippen LogP contribution in [-0.4, -0.2) is 0 Å². The normalized spacial score (nSPS) is 21.1. The van der Waals surface area contributed by atoms with Gasteiger partial charge in [-0.25, -0.2) is 0 Å². The minimum atomic E-state index is 0.590. The van der Waals surface area contributed by atoms with Crippen molar-refractivity contribution in [3.05, 3.63) is 41.5 Å². The Labute approximate surface area is 61.2 Å². The first-order chi connectivity index (χ1) is 4.88. The SMILES string of the molecule is CC1C=Cc2cc[c]cc21. The van der Waals surface area contributed by atoms with E-state index in [0.29, 0.717) is 5.92 Å². The van der Waals surface area contributed by atoms with Gasteiger partial charge in [0.05, 0.1) is 0 Å². The first-order valence-corrected chi connectivity index (χ1v) is 3.56. The monoisotopic (exact) mass is 129 g/mol. The van der Waals surface area contributed by atoms with Crippen LogP contribution in [0.15, 0.2) is 24.3 Å². The summed E-state index contributed by atoms with van der Waals surface area (Å²) in [6.45, 7) is 2.20. The Hall–Kier alpha value is -1.04. The largest absolute Gasteiger partial charge is 0.0767 e. The van der Waals surface area contributed by atoms with Crippen LogP contribution >= 0.6 is 0 Å².